The third-order valence-corrected chi connectivity index (χ3v) is 5.17. The van der Waals surface area contributed by atoms with Gasteiger partial charge in [0.15, 0.2) is 0 Å². The van der Waals surface area contributed by atoms with Crippen molar-refractivity contribution >= 4 is 11.9 Å². The van der Waals surface area contributed by atoms with Crippen molar-refractivity contribution in [3.05, 3.63) is 12.2 Å². The Labute approximate surface area is 170 Å². The van der Waals surface area contributed by atoms with Crippen molar-refractivity contribution in [1.82, 2.24) is 4.90 Å². The summed E-state index contributed by atoms with van der Waals surface area (Å²) in [5.74, 6) is 6.36. The number of nitrogens with zero attached hydrogens (tertiary/aromatic N) is 1. The number of rotatable bonds is 12. The van der Waals surface area contributed by atoms with E-state index in [2.05, 4.69) is 23.5 Å². The van der Waals surface area contributed by atoms with E-state index >= 15 is 0 Å². The second-order valence-electron chi connectivity index (χ2n) is 7.59. The van der Waals surface area contributed by atoms with Gasteiger partial charge in [0.2, 0.25) is 5.91 Å². The normalized spacial score (nSPS) is 18.8. The van der Waals surface area contributed by atoms with Crippen LogP contribution in [0.4, 0.5) is 0 Å². The zero-order valence-electron chi connectivity index (χ0n) is 17.8. The summed E-state index contributed by atoms with van der Waals surface area (Å²) >= 11 is 0. The van der Waals surface area contributed by atoms with Crippen LogP contribution in [-0.4, -0.2) is 47.7 Å². The van der Waals surface area contributed by atoms with E-state index in [0.717, 1.165) is 51.5 Å². The minimum Gasteiger partial charge on any atom is -0.469 e. The predicted molar refractivity (Wildman–Crippen MR) is 111 cm³/mol. The molecule has 1 fully saturated rings. The van der Waals surface area contributed by atoms with Crippen LogP contribution in [-0.2, 0) is 14.3 Å². The molecule has 158 valence electrons. The van der Waals surface area contributed by atoms with Crippen molar-refractivity contribution in [1.29, 1.82) is 0 Å². The maximum atomic E-state index is 12.2. The third kappa shape index (κ3) is 9.41. The molecule has 1 saturated heterocycles. The molecular weight excluding hydrogens is 354 g/mol. The first-order valence-corrected chi connectivity index (χ1v) is 10.7. The number of hydrogen-bond acceptors (Lipinski definition) is 4. The smallest absolute Gasteiger partial charge is 0.305 e. The Morgan fingerprint density at radius 2 is 2.07 bits per heavy atom. The molecule has 5 heteroatoms. The van der Waals surface area contributed by atoms with Crippen molar-refractivity contribution < 1.29 is 19.4 Å². The highest BCUT2D eigenvalue weighted by molar-refractivity contribution is 5.79. The fourth-order valence-electron chi connectivity index (χ4n) is 3.25. The van der Waals surface area contributed by atoms with Crippen LogP contribution in [0.25, 0.3) is 0 Å². The average molecular weight is 392 g/mol. The van der Waals surface area contributed by atoms with E-state index in [0.29, 0.717) is 19.3 Å². The highest BCUT2D eigenvalue weighted by atomic mass is 16.5. The fraction of sp³-hybridized carbons (Fsp3) is 0.739. The maximum absolute atomic E-state index is 12.2. The van der Waals surface area contributed by atoms with Crippen LogP contribution in [0.1, 0.15) is 78.1 Å². The molecule has 0 unspecified atom stereocenters. The van der Waals surface area contributed by atoms with Crippen LogP contribution in [0.3, 0.4) is 0 Å². The van der Waals surface area contributed by atoms with E-state index in [1.54, 1.807) is 0 Å². The summed E-state index contributed by atoms with van der Waals surface area (Å²) in [5, 5.41) is 10.3. The maximum Gasteiger partial charge on any atom is 0.305 e. The molecule has 0 aliphatic carbocycles. The molecule has 1 N–H and O–H groups in total. The monoisotopic (exact) mass is 391 g/mol. The van der Waals surface area contributed by atoms with Crippen molar-refractivity contribution in [2.75, 3.05) is 13.7 Å². The zero-order valence-corrected chi connectivity index (χ0v) is 17.8. The molecule has 3 atom stereocenters. The van der Waals surface area contributed by atoms with Crippen LogP contribution in [0.5, 0.6) is 0 Å². The molecule has 1 rings (SSSR count). The Morgan fingerprint density at radius 1 is 1.32 bits per heavy atom. The minimum atomic E-state index is -0.535. The van der Waals surface area contributed by atoms with Crippen LogP contribution >= 0.6 is 0 Å². The van der Waals surface area contributed by atoms with Crippen LogP contribution in [0.2, 0.25) is 0 Å². The number of likely N-dealkylation sites (tertiary alicyclic amines) is 1. The summed E-state index contributed by atoms with van der Waals surface area (Å²) in [5.41, 5.74) is 0. The average Bonchev–Trinajstić information content (AvgIpc) is 3.05. The Kier molecular flexibility index (Phi) is 12.3. The number of carbonyl (C=O) groups is 2. The molecule has 0 aromatic heterocycles. The number of hydrogen-bond donors (Lipinski definition) is 1. The summed E-state index contributed by atoms with van der Waals surface area (Å²) in [6.07, 6.45) is 11.5. The fourth-order valence-corrected chi connectivity index (χ4v) is 3.25. The molecule has 0 radical (unpaired) electrons. The van der Waals surface area contributed by atoms with Crippen molar-refractivity contribution in [3.63, 3.8) is 0 Å². The van der Waals surface area contributed by atoms with Gasteiger partial charge in [0.25, 0.3) is 0 Å². The number of carbonyl (C=O) groups excluding carboxylic acids is 2. The second kappa shape index (κ2) is 14.2. The topological polar surface area (TPSA) is 66.8 Å². The van der Waals surface area contributed by atoms with E-state index < -0.39 is 6.10 Å². The van der Waals surface area contributed by atoms with E-state index in [9.17, 15) is 14.7 Å². The highest BCUT2D eigenvalue weighted by Crippen LogP contribution is 2.22. The summed E-state index contributed by atoms with van der Waals surface area (Å²) in [7, 11) is 1.41. The zero-order chi connectivity index (χ0) is 20.8. The summed E-state index contributed by atoms with van der Waals surface area (Å²) < 4.78 is 4.63. The molecule has 0 saturated carbocycles. The molecule has 0 spiro atoms. The lowest BCUT2D eigenvalue weighted by molar-refractivity contribution is -0.140. The largest absolute Gasteiger partial charge is 0.469 e. The molecule has 1 aliphatic heterocycles. The Hall–Kier alpha value is -1.80. The van der Waals surface area contributed by atoms with Crippen molar-refractivity contribution in [3.8, 4) is 11.8 Å². The van der Waals surface area contributed by atoms with Gasteiger partial charge in [0.1, 0.15) is 0 Å². The lowest BCUT2D eigenvalue weighted by Gasteiger charge is -2.23. The van der Waals surface area contributed by atoms with Gasteiger partial charge in [-0.2, -0.15) is 0 Å². The lowest BCUT2D eigenvalue weighted by Crippen LogP contribution is -2.33. The first kappa shape index (κ1) is 24.2. The molecule has 5 nitrogen and oxygen atoms in total. The van der Waals surface area contributed by atoms with Crippen LogP contribution in [0, 0.1) is 17.8 Å². The molecule has 1 heterocycles. The third-order valence-electron chi connectivity index (χ3n) is 5.17. The van der Waals surface area contributed by atoms with Gasteiger partial charge in [0, 0.05) is 32.2 Å². The van der Waals surface area contributed by atoms with Crippen LogP contribution in [0.15, 0.2) is 12.2 Å². The predicted octanol–water partition coefficient (Wildman–Crippen LogP) is 3.85. The van der Waals surface area contributed by atoms with Gasteiger partial charge in [-0.05, 0) is 31.6 Å². The number of aliphatic hydroxyl groups is 1. The van der Waals surface area contributed by atoms with E-state index in [-0.39, 0.29) is 23.8 Å². The van der Waals surface area contributed by atoms with Gasteiger partial charge in [-0.25, -0.2) is 0 Å². The van der Waals surface area contributed by atoms with Gasteiger partial charge >= 0.3 is 5.97 Å². The number of ether oxygens (including phenoxy) is 1. The highest BCUT2D eigenvalue weighted by Gasteiger charge is 2.28. The number of methoxy groups -OCH3 is 1. The number of unbranched alkanes of at least 4 members (excludes halogenated alkanes) is 4. The number of aliphatic hydroxyl groups excluding tert-OH is 1. The molecule has 1 amide bonds. The summed E-state index contributed by atoms with van der Waals surface area (Å²) in [4.78, 5) is 25.2. The molecular formula is C23H37NO4. The Balaban J connectivity index is 2.36. The number of esters is 1. The molecule has 0 aromatic carbocycles. The summed E-state index contributed by atoms with van der Waals surface area (Å²) in [6.45, 7) is 4.84. The van der Waals surface area contributed by atoms with E-state index in [1.165, 1.54) is 7.11 Å². The molecule has 28 heavy (non-hydrogen) atoms. The number of amides is 1. The van der Waals surface area contributed by atoms with Gasteiger partial charge in [-0.15, -0.1) is 11.8 Å². The first-order valence-electron chi connectivity index (χ1n) is 10.7. The SMILES string of the molecule is CCCC#CC[C@@H](C)[C@H](O)C=C[C@H]1CCC(=O)N1CCCCCCC(=O)OC. The van der Waals surface area contributed by atoms with Gasteiger partial charge < -0.3 is 14.7 Å². The van der Waals surface area contributed by atoms with E-state index in [1.807, 2.05) is 24.0 Å². The Morgan fingerprint density at radius 3 is 2.79 bits per heavy atom. The van der Waals surface area contributed by atoms with Gasteiger partial charge in [-0.3, -0.25) is 9.59 Å². The summed E-state index contributed by atoms with van der Waals surface area (Å²) in [6, 6.07) is 0.0793. The quantitative estimate of drug-likeness (QED) is 0.237. The van der Waals surface area contributed by atoms with Crippen molar-refractivity contribution in [2.45, 2.75) is 90.2 Å². The van der Waals surface area contributed by atoms with Crippen LogP contribution < -0.4 is 0 Å². The second-order valence-corrected chi connectivity index (χ2v) is 7.59. The van der Waals surface area contributed by atoms with Gasteiger partial charge in [-0.1, -0.05) is 38.8 Å². The van der Waals surface area contributed by atoms with E-state index in [4.69, 9.17) is 0 Å². The van der Waals surface area contributed by atoms with Gasteiger partial charge in [0.05, 0.1) is 19.3 Å². The Bertz CT molecular complexity index is 561. The lowest BCUT2D eigenvalue weighted by atomic mass is 9.99. The molecule has 0 bridgehead atoms. The minimum absolute atomic E-state index is 0.0793. The molecule has 0 aromatic rings. The molecule has 1 aliphatic rings. The first-order chi connectivity index (χ1) is 13.5. The van der Waals surface area contributed by atoms with Crippen molar-refractivity contribution in [2.24, 2.45) is 5.92 Å². The standard InChI is InChI=1S/C23H37NO4/c1-4-5-6-9-12-19(2)21(25)16-14-20-15-17-22(26)24(20)18-11-8-7-10-13-23(27)28-3/h14,16,19-21,25H,4-5,7-8,10-13,15,17-18H2,1-3H3/t19-,20+,21-/m1/s1.